The van der Waals surface area contributed by atoms with Crippen LogP contribution in [0.2, 0.25) is 0 Å². The Labute approximate surface area is 208 Å². The zero-order chi connectivity index (χ0) is 26.5. The average Bonchev–Trinajstić information content (AvgIpc) is 2.86. The number of ether oxygens (including phenoxy) is 1. The van der Waals surface area contributed by atoms with Gasteiger partial charge in [0.05, 0.1) is 16.9 Å². The summed E-state index contributed by atoms with van der Waals surface area (Å²) in [6.45, 7) is 4.69. The maximum Gasteiger partial charge on any atom is 0.433 e. The van der Waals surface area contributed by atoms with Crippen LogP contribution in [0.1, 0.15) is 29.0 Å². The van der Waals surface area contributed by atoms with Crippen LogP contribution in [-0.2, 0) is 6.18 Å². The molecule has 37 heavy (non-hydrogen) atoms. The van der Waals surface area contributed by atoms with E-state index in [0.717, 1.165) is 31.3 Å². The summed E-state index contributed by atoms with van der Waals surface area (Å²) < 4.78 is 61.8. The molecule has 0 spiro atoms. The number of hydrogen-bond donors (Lipinski definition) is 2. The molecule has 0 bridgehead atoms. The van der Waals surface area contributed by atoms with Crippen molar-refractivity contribution in [3.63, 3.8) is 0 Å². The van der Waals surface area contributed by atoms with Crippen molar-refractivity contribution < 1.29 is 27.1 Å². The van der Waals surface area contributed by atoms with Crippen LogP contribution in [-0.4, -0.2) is 60.2 Å². The quantitative estimate of drug-likeness (QED) is 0.404. The fourth-order valence-electron chi connectivity index (χ4n) is 4.55. The Kier molecular flexibility index (Phi) is 6.18. The number of rotatable bonds is 4. The number of hydrogen-bond acceptors (Lipinski definition) is 7. The molecule has 1 saturated heterocycles. The van der Waals surface area contributed by atoms with E-state index in [0.29, 0.717) is 18.6 Å². The lowest BCUT2D eigenvalue weighted by Gasteiger charge is -2.37. The van der Waals surface area contributed by atoms with Crippen molar-refractivity contribution in [3.05, 3.63) is 57.8 Å². The van der Waals surface area contributed by atoms with Gasteiger partial charge in [0.1, 0.15) is 29.4 Å². The molecule has 5 rings (SSSR count). The molecule has 13 heteroatoms. The highest BCUT2D eigenvalue weighted by Gasteiger charge is 2.33. The first-order valence-electron chi connectivity index (χ1n) is 11.6. The number of carbonyl (C=O) groups is 1. The van der Waals surface area contributed by atoms with E-state index >= 15 is 4.39 Å². The van der Waals surface area contributed by atoms with Gasteiger partial charge in [-0.15, -0.1) is 0 Å². The molecule has 2 N–H and O–H groups in total. The van der Waals surface area contributed by atoms with Gasteiger partial charge in [0, 0.05) is 32.4 Å². The first-order chi connectivity index (χ1) is 17.5. The number of nitrogens with zero attached hydrogens (tertiary/aromatic N) is 4. The number of carbonyl (C=O) groups excluding carboxylic acids is 1. The van der Waals surface area contributed by atoms with Crippen LogP contribution in [0, 0.1) is 5.82 Å². The van der Waals surface area contributed by atoms with Gasteiger partial charge in [-0.3, -0.25) is 20.4 Å². The second-order valence-corrected chi connectivity index (χ2v) is 9.15. The van der Waals surface area contributed by atoms with Gasteiger partial charge in [-0.05, 0) is 32.2 Å². The van der Waals surface area contributed by atoms with Gasteiger partial charge in [-0.2, -0.15) is 13.2 Å². The van der Waals surface area contributed by atoms with Crippen LogP contribution in [0.4, 0.5) is 29.1 Å². The number of amides is 1. The van der Waals surface area contributed by atoms with Gasteiger partial charge in [-0.25, -0.2) is 9.37 Å². The maximum absolute atomic E-state index is 15.4. The van der Waals surface area contributed by atoms with Crippen molar-refractivity contribution in [2.45, 2.75) is 19.1 Å². The summed E-state index contributed by atoms with van der Waals surface area (Å²) in [6.07, 6.45) is -3.30. The zero-order valence-corrected chi connectivity index (χ0v) is 20.0. The van der Waals surface area contributed by atoms with Gasteiger partial charge in [0.2, 0.25) is 5.43 Å². The molecule has 0 aliphatic carbocycles. The molecule has 4 heterocycles. The molecule has 3 aromatic rings. The highest BCUT2D eigenvalue weighted by molar-refractivity contribution is 6.00. The summed E-state index contributed by atoms with van der Waals surface area (Å²) in [5, 5.41) is -0.0261. The molecule has 9 nitrogen and oxygen atoms in total. The molecular weight excluding hydrogens is 496 g/mol. The van der Waals surface area contributed by atoms with Gasteiger partial charge in [0.25, 0.3) is 5.91 Å². The molecule has 2 aromatic heterocycles. The summed E-state index contributed by atoms with van der Waals surface area (Å²) in [5.74, 6) is -1.54. The van der Waals surface area contributed by atoms with E-state index in [9.17, 15) is 22.8 Å². The summed E-state index contributed by atoms with van der Waals surface area (Å²) >= 11 is 0. The van der Waals surface area contributed by atoms with E-state index < -0.39 is 29.0 Å². The molecular formula is C24H24F4N6O3. The third-order valence-corrected chi connectivity index (χ3v) is 6.55. The maximum atomic E-state index is 15.4. The van der Waals surface area contributed by atoms with Crippen molar-refractivity contribution in [2.75, 3.05) is 50.2 Å². The third-order valence-electron chi connectivity index (χ3n) is 6.55. The Morgan fingerprint density at radius 2 is 1.92 bits per heavy atom. The number of nitrogens with one attached hydrogen (secondary N) is 2. The smallest absolute Gasteiger partial charge is 0.433 e. The van der Waals surface area contributed by atoms with E-state index in [1.54, 1.807) is 4.57 Å². The van der Waals surface area contributed by atoms with E-state index in [1.807, 2.05) is 18.9 Å². The van der Waals surface area contributed by atoms with Crippen LogP contribution in [0.5, 0.6) is 5.75 Å². The third kappa shape index (κ3) is 4.54. The predicted molar refractivity (Wildman–Crippen MR) is 128 cm³/mol. The van der Waals surface area contributed by atoms with Crippen LogP contribution in [0.3, 0.4) is 0 Å². The molecule has 0 saturated carbocycles. The van der Waals surface area contributed by atoms with E-state index in [1.165, 1.54) is 12.3 Å². The minimum Gasteiger partial charge on any atom is -0.487 e. The predicted octanol–water partition coefficient (Wildman–Crippen LogP) is 3.02. The summed E-state index contributed by atoms with van der Waals surface area (Å²) in [7, 11) is 1.98. The van der Waals surface area contributed by atoms with E-state index in [-0.39, 0.29) is 40.9 Å². The van der Waals surface area contributed by atoms with Gasteiger partial charge in [-0.1, -0.05) is 6.07 Å². The van der Waals surface area contributed by atoms with Crippen molar-refractivity contribution >= 4 is 28.3 Å². The lowest BCUT2D eigenvalue weighted by atomic mass is 10.0. The van der Waals surface area contributed by atoms with Gasteiger partial charge in [0.15, 0.2) is 11.6 Å². The topological polar surface area (TPSA) is 91.7 Å². The van der Waals surface area contributed by atoms with Gasteiger partial charge >= 0.3 is 6.18 Å². The molecule has 2 aliphatic rings. The van der Waals surface area contributed by atoms with Crippen LogP contribution in [0.25, 0.3) is 10.9 Å². The summed E-state index contributed by atoms with van der Waals surface area (Å²) in [6, 6.07) is 3.99. The Morgan fingerprint density at radius 1 is 1.19 bits per heavy atom. The Morgan fingerprint density at radius 3 is 2.62 bits per heavy atom. The number of aromatic nitrogens is 2. The highest BCUT2D eigenvalue weighted by Crippen LogP contribution is 2.42. The first-order valence-corrected chi connectivity index (χ1v) is 11.6. The molecule has 196 valence electrons. The number of pyridine rings is 2. The number of alkyl halides is 3. The molecule has 1 atom stereocenters. The average molecular weight is 520 g/mol. The van der Waals surface area contributed by atoms with Crippen molar-refractivity contribution in [1.29, 1.82) is 0 Å². The summed E-state index contributed by atoms with van der Waals surface area (Å²) in [4.78, 5) is 33.6. The standard InChI is InChI=1S/C24H24F4N6O3/c1-13-12-37-22-19-14(10-16(25)20(22)33-8-6-32(2)7-9-33)21(35)15(11-34(13)19)23(36)31-30-18-5-3-4-17(29-18)24(26,27)28/h3-5,10-11,13H,6-9,12H2,1-2H3,(H,29,30)(H,31,36). The van der Waals surface area contributed by atoms with Crippen molar-refractivity contribution in [1.82, 2.24) is 19.9 Å². The Hall–Kier alpha value is -3.87. The number of anilines is 2. The number of benzene rings is 1. The molecule has 0 radical (unpaired) electrons. The lowest BCUT2D eigenvalue weighted by molar-refractivity contribution is -0.141. The first kappa shape index (κ1) is 24.8. The number of likely N-dealkylation sites (N-methyl/N-ethyl adjacent to an activating group) is 1. The second-order valence-electron chi connectivity index (χ2n) is 9.15. The van der Waals surface area contributed by atoms with E-state index in [4.69, 9.17) is 4.74 Å². The number of hydrazine groups is 1. The monoisotopic (exact) mass is 520 g/mol. The lowest BCUT2D eigenvalue weighted by Crippen LogP contribution is -2.45. The molecule has 1 amide bonds. The summed E-state index contributed by atoms with van der Waals surface area (Å²) in [5.41, 5.74) is 3.01. The normalized spacial score (nSPS) is 18.0. The minimum absolute atomic E-state index is 0.0261. The van der Waals surface area contributed by atoms with Crippen LogP contribution < -0.4 is 25.9 Å². The Balaban J connectivity index is 1.51. The second kappa shape index (κ2) is 9.21. The fraction of sp³-hybridized carbons (Fsp3) is 0.375. The SMILES string of the molecule is CC1COc2c(N3CCN(C)CC3)c(F)cc3c(=O)c(C(=O)NNc4cccc(C(F)(F)F)n4)cn1c23. The molecule has 1 aromatic carbocycles. The molecule has 1 unspecified atom stereocenters. The van der Waals surface area contributed by atoms with Crippen molar-refractivity contribution in [2.24, 2.45) is 0 Å². The zero-order valence-electron chi connectivity index (χ0n) is 20.0. The van der Waals surface area contributed by atoms with Crippen molar-refractivity contribution in [3.8, 4) is 5.75 Å². The fourth-order valence-corrected chi connectivity index (χ4v) is 4.55. The highest BCUT2D eigenvalue weighted by atomic mass is 19.4. The molecule has 2 aliphatic heterocycles. The number of halogens is 4. The van der Waals surface area contributed by atoms with E-state index in [2.05, 4.69) is 20.7 Å². The minimum atomic E-state index is -4.66. The van der Waals surface area contributed by atoms with Crippen LogP contribution in [0.15, 0.2) is 35.3 Å². The van der Waals surface area contributed by atoms with Gasteiger partial charge < -0.3 is 19.1 Å². The largest absolute Gasteiger partial charge is 0.487 e. The molecule has 1 fully saturated rings. The number of piperazine rings is 1. The Bertz CT molecular complexity index is 1430. The van der Waals surface area contributed by atoms with Crippen LogP contribution >= 0.6 is 0 Å².